The van der Waals surface area contributed by atoms with Crippen molar-refractivity contribution < 1.29 is 4.74 Å². The molecule has 0 amide bonds. The largest absolute Gasteiger partial charge is 0.481 e. The van der Waals surface area contributed by atoms with E-state index in [0.717, 1.165) is 24.6 Å². The Bertz CT molecular complexity index is 559. The molecule has 0 radical (unpaired) electrons. The molecule has 0 atom stereocenters. The van der Waals surface area contributed by atoms with Crippen LogP contribution in [-0.4, -0.2) is 54.7 Å². The number of ether oxygens (including phenoxy) is 1. The maximum absolute atomic E-state index is 5.30. The van der Waals surface area contributed by atoms with E-state index < -0.39 is 0 Å². The molecule has 0 bridgehead atoms. The van der Waals surface area contributed by atoms with E-state index in [0.29, 0.717) is 12.4 Å². The molecule has 148 valence electrons. The number of nitrogens with zero attached hydrogens (tertiary/aromatic N) is 3. The number of hydrogen-bond acceptors (Lipinski definition) is 4. The predicted octanol–water partition coefficient (Wildman–Crippen LogP) is 3.03. The molecule has 0 aromatic carbocycles. The molecule has 0 spiro atoms. The lowest BCUT2D eigenvalue weighted by Crippen LogP contribution is -2.54. The average molecular weight is 475 g/mol. The molecule has 1 aromatic rings. The van der Waals surface area contributed by atoms with Crippen LogP contribution in [0.15, 0.2) is 23.3 Å². The molecule has 1 fully saturated rings. The van der Waals surface area contributed by atoms with Gasteiger partial charge in [-0.25, -0.2) is 9.98 Å². The zero-order valence-corrected chi connectivity index (χ0v) is 18.9. The molecule has 26 heavy (non-hydrogen) atoms. The van der Waals surface area contributed by atoms with Crippen LogP contribution >= 0.6 is 24.0 Å². The molecule has 1 aliphatic heterocycles. The number of rotatable bonds is 7. The zero-order valence-electron chi connectivity index (χ0n) is 16.5. The van der Waals surface area contributed by atoms with Crippen molar-refractivity contribution in [3.8, 4) is 5.88 Å². The fraction of sp³-hybridized carbons (Fsp3) is 0.684. The van der Waals surface area contributed by atoms with Gasteiger partial charge in [-0.2, -0.15) is 0 Å². The van der Waals surface area contributed by atoms with Crippen molar-refractivity contribution in [1.82, 2.24) is 20.5 Å². The van der Waals surface area contributed by atoms with Gasteiger partial charge in [0.15, 0.2) is 5.96 Å². The van der Waals surface area contributed by atoms with Gasteiger partial charge in [0.25, 0.3) is 0 Å². The standard InChI is InChI=1S/C19H33N5O.HI/c1-5-20-18(22-14-16-10-9-11-21-17(16)25-4)23-15-19(2,3)24-12-7-6-8-13-24;/h9-11H,5-8,12-15H2,1-4H3,(H2,20,22,23);1H. The third-order valence-corrected chi connectivity index (χ3v) is 4.70. The molecule has 1 aromatic heterocycles. The molecule has 2 N–H and O–H groups in total. The lowest BCUT2D eigenvalue weighted by Gasteiger charge is -2.41. The van der Waals surface area contributed by atoms with Crippen LogP contribution < -0.4 is 15.4 Å². The van der Waals surface area contributed by atoms with Gasteiger partial charge in [-0.15, -0.1) is 24.0 Å². The van der Waals surface area contributed by atoms with Crippen LogP contribution in [0, 0.1) is 0 Å². The van der Waals surface area contributed by atoms with Crippen LogP contribution in [0.25, 0.3) is 0 Å². The third kappa shape index (κ3) is 6.90. The van der Waals surface area contributed by atoms with Gasteiger partial charge in [0.05, 0.1) is 13.7 Å². The second-order valence-corrected chi connectivity index (χ2v) is 7.08. The normalized spacial score (nSPS) is 15.9. The number of methoxy groups -OCH3 is 1. The second kappa shape index (κ2) is 11.6. The Hall–Kier alpha value is -1.09. The number of likely N-dealkylation sites (tertiary alicyclic amines) is 1. The van der Waals surface area contributed by atoms with Crippen molar-refractivity contribution in [1.29, 1.82) is 0 Å². The Morgan fingerprint density at radius 3 is 2.65 bits per heavy atom. The van der Waals surface area contributed by atoms with E-state index in [1.165, 1.54) is 32.4 Å². The fourth-order valence-corrected chi connectivity index (χ4v) is 3.15. The van der Waals surface area contributed by atoms with E-state index in [-0.39, 0.29) is 29.5 Å². The minimum Gasteiger partial charge on any atom is -0.481 e. The summed E-state index contributed by atoms with van der Waals surface area (Å²) in [6.07, 6.45) is 5.70. The topological polar surface area (TPSA) is 61.8 Å². The Labute approximate surface area is 175 Å². The van der Waals surface area contributed by atoms with Gasteiger partial charge in [0, 0.05) is 30.4 Å². The van der Waals surface area contributed by atoms with Gasteiger partial charge in [-0.1, -0.05) is 12.5 Å². The summed E-state index contributed by atoms with van der Waals surface area (Å²) in [5.74, 6) is 1.47. The monoisotopic (exact) mass is 475 g/mol. The summed E-state index contributed by atoms with van der Waals surface area (Å²) in [5, 5.41) is 6.83. The van der Waals surface area contributed by atoms with E-state index >= 15 is 0 Å². The number of piperidine rings is 1. The number of nitrogens with one attached hydrogen (secondary N) is 2. The fourth-order valence-electron chi connectivity index (χ4n) is 3.15. The SMILES string of the molecule is CCNC(=NCc1cccnc1OC)NCC(C)(C)N1CCCCC1.I. The molecule has 2 heterocycles. The number of pyridine rings is 1. The van der Waals surface area contributed by atoms with E-state index in [9.17, 15) is 0 Å². The van der Waals surface area contributed by atoms with Crippen LogP contribution in [-0.2, 0) is 6.54 Å². The van der Waals surface area contributed by atoms with Crippen molar-refractivity contribution in [2.24, 2.45) is 4.99 Å². The molecular weight excluding hydrogens is 441 g/mol. The summed E-state index contributed by atoms with van der Waals surface area (Å²) in [4.78, 5) is 11.5. The first-order chi connectivity index (χ1) is 12.1. The highest BCUT2D eigenvalue weighted by Crippen LogP contribution is 2.20. The van der Waals surface area contributed by atoms with Gasteiger partial charge in [0.1, 0.15) is 0 Å². The predicted molar refractivity (Wildman–Crippen MR) is 119 cm³/mol. The Kier molecular flexibility index (Phi) is 10.2. The first-order valence-electron chi connectivity index (χ1n) is 9.32. The number of aromatic nitrogens is 1. The molecule has 1 aliphatic rings. The van der Waals surface area contributed by atoms with Gasteiger partial charge in [-0.05, 0) is 52.8 Å². The minimum absolute atomic E-state index is 0. The molecular formula is C19H34IN5O. The maximum Gasteiger partial charge on any atom is 0.218 e. The van der Waals surface area contributed by atoms with Crippen LogP contribution in [0.5, 0.6) is 5.88 Å². The van der Waals surface area contributed by atoms with Crippen molar-refractivity contribution in [3.05, 3.63) is 23.9 Å². The van der Waals surface area contributed by atoms with Crippen LogP contribution in [0.1, 0.15) is 45.6 Å². The first kappa shape index (κ1) is 23.0. The molecule has 0 unspecified atom stereocenters. The maximum atomic E-state index is 5.30. The summed E-state index contributed by atoms with van der Waals surface area (Å²) >= 11 is 0. The third-order valence-electron chi connectivity index (χ3n) is 4.70. The van der Waals surface area contributed by atoms with E-state index in [1.54, 1.807) is 13.3 Å². The molecule has 0 aliphatic carbocycles. The van der Waals surface area contributed by atoms with Crippen LogP contribution in [0.2, 0.25) is 0 Å². The second-order valence-electron chi connectivity index (χ2n) is 7.08. The van der Waals surface area contributed by atoms with Crippen LogP contribution in [0.4, 0.5) is 0 Å². The summed E-state index contributed by atoms with van der Waals surface area (Å²) in [5.41, 5.74) is 1.10. The number of guanidine groups is 1. The molecule has 2 rings (SSSR count). The van der Waals surface area contributed by atoms with E-state index in [1.807, 2.05) is 12.1 Å². The van der Waals surface area contributed by atoms with Gasteiger partial charge in [0.2, 0.25) is 5.88 Å². The highest BCUT2D eigenvalue weighted by molar-refractivity contribution is 14.0. The smallest absolute Gasteiger partial charge is 0.218 e. The Morgan fingerprint density at radius 1 is 1.27 bits per heavy atom. The lowest BCUT2D eigenvalue weighted by molar-refractivity contribution is 0.0982. The number of aliphatic imine (C=N–C) groups is 1. The van der Waals surface area contributed by atoms with Gasteiger partial charge in [-0.3, -0.25) is 4.90 Å². The number of hydrogen-bond donors (Lipinski definition) is 2. The van der Waals surface area contributed by atoms with Crippen molar-refractivity contribution >= 4 is 29.9 Å². The van der Waals surface area contributed by atoms with Crippen LogP contribution in [0.3, 0.4) is 0 Å². The van der Waals surface area contributed by atoms with Crippen molar-refractivity contribution in [3.63, 3.8) is 0 Å². The van der Waals surface area contributed by atoms with Gasteiger partial charge < -0.3 is 15.4 Å². The zero-order chi connectivity index (χ0) is 18.1. The quantitative estimate of drug-likeness (QED) is 0.361. The van der Waals surface area contributed by atoms with E-state index in [4.69, 9.17) is 9.73 Å². The highest BCUT2D eigenvalue weighted by atomic mass is 127. The highest BCUT2D eigenvalue weighted by Gasteiger charge is 2.27. The summed E-state index contributed by atoms with van der Waals surface area (Å²) in [6, 6.07) is 3.91. The first-order valence-corrected chi connectivity index (χ1v) is 9.32. The van der Waals surface area contributed by atoms with E-state index in [2.05, 4.69) is 41.3 Å². The Balaban J connectivity index is 0.00000338. The molecule has 0 saturated carbocycles. The summed E-state index contributed by atoms with van der Waals surface area (Å²) in [7, 11) is 1.64. The number of halogens is 1. The van der Waals surface area contributed by atoms with Crippen molar-refractivity contribution in [2.45, 2.75) is 52.1 Å². The molecule has 7 heteroatoms. The summed E-state index contributed by atoms with van der Waals surface area (Å²) in [6.45, 7) is 11.3. The lowest BCUT2D eigenvalue weighted by atomic mass is 9.98. The summed E-state index contributed by atoms with van der Waals surface area (Å²) < 4.78 is 5.30. The Morgan fingerprint density at radius 2 is 2.00 bits per heavy atom. The molecule has 6 nitrogen and oxygen atoms in total. The molecule has 1 saturated heterocycles. The average Bonchev–Trinajstić information content (AvgIpc) is 2.65. The van der Waals surface area contributed by atoms with Crippen molar-refractivity contribution in [2.75, 3.05) is 33.3 Å². The minimum atomic E-state index is 0. The van der Waals surface area contributed by atoms with Gasteiger partial charge >= 0.3 is 0 Å².